The average molecular weight is 333 g/mol. The third kappa shape index (κ3) is 4.78. The molecule has 1 N–H and O–H groups in total. The number of benzene rings is 2. The Hall–Kier alpha value is -2.43. The summed E-state index contributed by atoms with van der Waals surface area (Å²) in [6.45, 7) is 1.22. The second-order valence-corrected chi connectivity index (χ2v) is 5.67. The predicted octanol–water partition coefficient (Wildman–Crippen LogP) is 5.06. The summed E-state index contributed by atoms with van der Waals surface area (Å²) in [6, 6.07) is 15.5. The van der Waals surface area contributed by atoms with Gasteiger partial charge in [0.25, 0.3) is 0 Å². The van der Waals surface area contributed by atoms with Crippen molar-refractivity contribution < 1.29 is 18.3 Å². The molecule has 3 nitrogen and oxygen atoms in total. The van der Waals surface area contributed by atoms with Gasteiger partial charge in [-0.05, 0) is 35.7 Å². The van der Waals surface area contributed by atoms with Crippen LogP contribution in [0.15, 0.2) is 54.6 Å². The van der Waals surface area contributed by atoms with Crippen molar-refractivity contribution in [1.29, 1.82) is 0 Å². The number of anilines is 1. The van der Waals surface area contributed by atoms with Crippen molar-refractivity contribution in [2.24, 2.45) is 5.92 Å². The Balaban J connectivity index is 2.13. The van der Waals surface area contributed by atoms with Crippen molar-refractivity contribution in [1.82, 2.24) is 0 Å². The van der Waals surface area contributed by atoms with E-state index in [1.165, 1.54) is 12.1 Å². The SMILES string of the molecule is CC[C@H](C)[C@H](C(=O)Nc1ccc(OC(F)F)cc1)c1ccccc1. The zero-order valence-electron chi connectivity index (χ0n) is 13.7. The highest BCUT2D eigenvalue weighted by Crippen LogP contribution is 2.29. The Morgan fingerprint density at radius 2 is 1.71 bits per heavy atom. The van der Waals surface area contributed by atoms with E-state index in [1.54, 1.807) is 12.1 Å². The minimum Gasteiger partial charge on any atom is -0.435 e. The Morgan fingerprint density at radius 1 is 1.08 bits per heavy atom. The highest BCUT2D eigenvalue weighted by molar-refractivity contribution is 5.96. The fraction of sp³-hybridized carbons (Fsp3) is 0.316. The molecule has 0 heterocycles. The van der Waals surface area contributed by atoms with Crippen LogP contribution < -0.4 is 10.1 Å². The summed E-state index contributed by atoms with van der Waals surface area (Å²) in [5.41, 5.74) is 1.51. The van der Waals surface area contributed by atoms with E-state index in [0.29, 0.717) is 5.69 Å². The minimum absolute atomic E-state index is 0.0598. The molecule has 2 aromatic rings. The molecule has 2 aromatic carbocycles. The molecule has 1 amide bonds. The molecule has 128 valence electrons. The quantitative estimate of drug-likeness (QED) is 0.769. The molecule has 24 heavy (non-hydrogen) atoms. The van der Waals surface area contributed by atoms with Crippen LogP contribution in [0.4, 0.5) is 14.5 Å². The van der Waals surface area contributed by atoms with E-state index in [1.807, 2.05) is 44.2 Å². The highest BCUT2D eigenvalue weighted by atomic mass is 19.3. The number of nitrogens with one attached hydrogen (secondary N) is 1. The van der Waals surface area contributed by atoms with Gasteiger partial charge in [0.1, 0.15) is 5.75 Å². The molecule has 2 rings (SSSR count). The molecule has 0 unspecified atom stereocenters. The molecule has 5 heteroatoms. The number of alkyl halides is 2. The summed E-state index contributed by atoms with van der Waals surface area (Å²) in [4.78, 5) is 12.7. The second kappa shape index (κ2) is 8.43. The summed E-state index contributed by atoms with van der Waals surface area (Å²) in [5, 5.41) is 2.85. The molecular formula is C19H21F2NO2. The van der Waals surface area contributed by atoms with Gasteiger partial charge in [0.05, 0.1) is 5.92 Å². The molecule has 2 atom stereocenters. The van der Waals surface area contributed by atoms with Gasteiger partial charge in [-0.3, -0.25) is 4.79 Å². The van der Waals surface area contributed by atoms with E-state index >= 15 is 0 Å². The third-order valence-electron chi connectivity index (χ3n) is 4.00. The fourth-order valence-electron chi connectivity index (χ4n) is 2.57. The van der Waals surface area contributed by atoms with E-state index in [-0.39, 0.29) is 23.5 Å². The third-order valence-corrected chi connectivity index (χ3v) is 4.00. The Labute approximate surface area is 140 Å². The van der Waals surface area contributed by atoms with E-state index in [2.05, 4.69) is 10.1 Å². The summed E-state index contributed by atoms with van der Waals surface area (Å²) < 4.78 is 28.6. The highest BCUT2D eigenvalue weighted by Gasteiger charge is 2.25. The van der Waals surface area contributed by atoms with Crippen molar-refractivity contribution >= 4 is 11.6 Å². The van der Waals surface area contributed by atoms with Crippen LogP contribution in [-0.2, 0) is 4.79 Å². The molecule has 0 aliphatic carbocycles. The van der Waals surface area contributed by atoms with E-state index in [9.17, 15) is 13.6 Å². The van der Waals surface area contributed by atoms with Gasteiger partial charge in [0, 0.05) is 5.69 Å². The molecule has 0 aliphatic rings. The normalized spacial score (nSPS) is 13.4. The monoisotopic (exact) mass is 333 g/mol. The zero-order chi connectivity index (χ0) is 17.5. The van der Waals surface area contributed by atoms with E-state index < -0.39 is 6.61 Å². The number of halogens is 2. The van der Waals surface area contributed by atoms with Crippen molar-refractivity contribution in [3.05, 3.63) is 60.2 Å². The number of hydrogen-bond donors (Lipinski definition) is 1. The first kappa shape index (κ1) is 17.9. The molecule has 0 saturated carbocycles. The van der Waals surface area contributed by atoms with Crippen LogP contribution >= 0.6 is 0 Å². The maximum absolute atomic E-state index is 12.7. The summed E-state index contributed by atoms with van der Waals surface area (Å²) in [7, 11) is 0. The maximum atomic E-state index is 12.7. The fourth-order valence-corrected chi connectivity index (χ4v) is 2.57. The first-order valence-electron chi connectivity index (χ1n) is 7.92. The molecule has 0 spiro atoms. The molecule has 0 bridgehead atoms. The maximum Gasteiger partial charge on any atom is 0.387 e. The van der Waals surface area contributed by atoms with E-state index in [4.69, 9.17) is 0 Å². The minimum atomic E-state index is -2.86. The van der Waals surface area contributed by atoms with Gasteiger partial charge in [-0.1, -0.05) is 50.6 Å². The molecule has 0 aliphatic heterocycles. The Kier molecular flexibility index (Phi) is 6.29. The van der Waals surface area contributed by atoms with Gasteiger partial charge >= 0.3 is 6.61 Å². The number of hydrogen-bond acceptors (Lipinski definition) is 2. The lowest BCUT2D eigenvalue weighted by atomic mass is 9.85. The van der Waals surface area contributed by atoms with Gasteiger partial charge in [0.15, 0.2) is 0 Å². The summed E-state index contributed by atoms with van der Waals surface area (Å²) in [5.74, 6) is -0.148. The van der Waals surface area contributed by atoms with Crippen LogP contribution in [0.1, 0.15) is 31.7 Å². The number of ether oxygens (including phenoxy) is 1. The van der Waals surface area contributed by atoms with Crippen LogP contribution in [0.5, 0.6) is 5.75 Å². The molecule has 0 radical (unpaired) electrons. The smallest absolute Gasteiger partial charge is 0.387 e. The van der Waals surface area contributed by atoms with Crippen molar-refractivity contribution in [3.8, 4) is 5.75 Å². The standard InChI is InChI=1S/C19H21F2NO2/c1-3-13(2)17(14-7-5-4-6-8-14)18(23)22-15-9-11-16(12-10-15)24-19(20)21/h4-13,17,19H,3H2,1-2H3,(H,22,23)/t13-,17-/m0/s1. The predicted molar refractivity (Wildman–Crippen MR) is 90.3 cm³/mol. The Morgan fingerprint density at radius 3 is 2.25 bits per heavy atom. The van der Waals surface area contributed by atoms with Crippen molar-refractivity contribution in [2.75, 3.05) is 5.32 Å². The van der Waals surface area contributed by atoms with Gasteiger partial charge in [-0.15, -0.1) is 0 Å². The van der Waals surface area contributed by atoms with Gasteiger partial charge < -0.3 is 10.1 Å². The number of rotatable bonds is 7. The van der Waals surface area contributed by atoms with Crippen LogP contribution in [0.3, 0.4) is 0 Å². The summed E-state index contributed by atoms with van der Waals surface area (Å²) in [6.07, 6.45) is 0.869. The number of carbonyl (C=O) groups is 1. The van der Waals surface area contributed by atoms with Crippen molar-refractivity contribution in [3.63, 3.8) is 0 Å². The molecule has 0 aromatic heterocycles. The first-order valence-corrected chi connectivity index (χ1v) is 7.92. The topological polar surface area (TPSA) is 38.3 Å². The summed E-state index contributed by atoms with van der Waals surface area (Å²) >= 11 is 0. The van der Waals surface area contributed by atoms with E-state index in [0.717, 1.165) is 12.0 Å². The molecule has 0 fully saturated rings. The lowest BCUT2D eigenvalue weighted by Crippen LogP contribution is -2.26. The number of amides is 1. The average Bonchev–Trinajstić information content (AvgIpc) is 2.57. The van der Waals surface area contributed by atoms with Crippen LogP contribution in [0, 0.1) is 5.92 Å². The largest absolute Gasteiger partial charge is 0.435 e. The van der Waals surface area contributed by atoms with Gasteiger partial charge in [-0.25, -0.2) is 0 Å². The first-order chi connectivity index (χ1) is 11.5. The molecular weight excluding hydrogens is 312 g/mol. The van der Waals surface area contributed by atoms with Gasteiger partial charge in [0.2, 0.25) is 5.91 Å². The lowest BCUT2D eigenvalue weighted by molar-refractivity contribution is -0.118. The van der Waals surface area contributed by atoms with Crippen LogP contribution in [-0.4, -0.2) is 12.5 Å². The second-order valence-electron chi connectivity index (χ2n) is 5.67. The van der Waals surface area contributed by atoms with Gasteiger partial charge in [-0.2, -0.15) is 8.78 Å². The van der Waals surface area contributed by atoms with Crippen molar-refractivity contribution in [2.45, 2.75) is 32.8 Å². The number of carbonyl (C=O) groups excluding carboxylic acids is 1. The lowest BCUT2D eigenvalue weighted by Gasteiger charge is -2.23. The molecule has 0 saturated heterocycles. The zero-order valence-corrected chi connectivity index (χ0v) is 13.7. The Bertz CT molecular complexity index is 644. The van der Waals surface area contributed by atoms with Crippen LogP contribution in [0.2, 0.25) is 0 Å². The van der Waals surface area contributed by atoms with Crippen LogP contribution in [0.25, 0.3) is 0 Å².